The third kappa shape index (κ3) is 2.74. The monoisotopic (exact) mass is 279 g/mol. The van der Waals surface area contributed by atoms with Crippen molar-refractivity contribution in [2.45, 2.75) is 45.1 Å². The van der Waals surface area contributed by atoms with Crippen LogP contribution in [0.5, 0.6) is 5.75 Å². The van der Waals surface area contributed by atoms with Crippen molar-refractivity contribution >= 4 is 11.7 Å². The largest absolute Gasteiger partial charge is 0.479 e. The molecule has 1 aliphatic rings. The zero-order valence-electron chi connectivity index (χ0n) is 11.3. The van der Waals surface area contributed by atoms with E-state index in [0.29, 0.717) is 12.0 Å². The van der Waals surface area contributed by atoms with Crippen LogP contribution in [0.3, 0.4) is 0 Å². The Balaban J connectivity index is 2.42. The molecule has 0 amide bonds. The fourth-order valence-corrected chi connectivity index (χ4v) is 2.54. The van der Waals surface area contributed by atoms with Gasteiger partial charge in [0.25, 0.3) is 0 Å². The molecular formula is C14H17NO5. The summed E-state index contributed by atoms with van der Waals surface area (Å²) in [5.41, 5.74) is 1.60. The van der Waals surface area contributed by atoms with Gasteiger partial charge in [0.15, 0.2) is 11.9 Å². The number of nitro benzene ring substituents is 1. The van der Waals surface area contributed by atoms with Crippen LogP contribution in [0.15, 0.2) is 12.1 Å². The number of fused-ring (bicyclic) bond motifs is 1. The Bertz CT molecular complexity index is 541. The fraction of sp³-hybridized carbons (Fsp3) is 0.500. The van der Waals surface area contributed by atoms with Crippen molar-refractivity contribution in [1.82, 2.24) is 0 Å². The SMILES string of the molecule is CCC(Oc1ccc2c(c1[N+](=O)[O-])CCCC2)C(=O)O. The van der Waals surface area contributed by atoms with Crippen molar-refractivity contribution in [3.63, 3.8) is 0 Å². The number of ether oxygens (including phenoxy) is 1. The summed E-state index contributed by atoms with van der Waals surface area (Å²) in [6.45, 7) is 1.67. The molecule has 0 aliphatic heterocycles. The van der Waals surface area contributed by atoms with Crippen LogP contribution >= 0.6 is 0 Å². The molecule has 20 heavy (non-hydrogen) atoms. The summed E-state index contributed by atoms with van der Waals surface area (Å²) in [5.74, 6) is -1.05. The quantitative estimate of drug-likeness (QED) is 0.661. The van der Waals surface area contributed by atoms with Gasteiger partial charge in [0.2, 0.25) is 0 Å². The Morgan fingerprint density at radius 1 is 1.45 bits per heavy atom. The third-order valence-corrected chi connectivity index (χ3v) is 3.56. The molecule has 1 atom stereocenters. The molecular weight excluding hydrogens is 262 g/mol. The molecule has 1 aliphatic carbocycles. The van der Waals surface area contributed by atoms with Crippen LogP contribution in [0.1, 0.15) is 37.3 Å². The number of nitro groups is 1. The molecule has 0 saturated heterocycles. The highest BCUT2D eigenvalue weighted by Gasteiger charge is 2.28. The van der Waals surface area contributed by atoms with Gasteiger partial charge in [-0.3, -0.25) is 10.1 Å². The van der Waals surface area contributed by atoms with E-state index >= 15 is 0 Å². The minimum Gasteiger partial charge on any atom is -0.479 e. The summed E-state index contributed by atoms with van der Waals surface area (Å²) in [7, 11) is 0. The average molecular weight is 279 g/mol. The Labute approximate surface area is 116 Å². The van der Waals surface area contributed by atoms with Crippen LogP contribution < -0.4 is 4.74 Å². The molecule has 2 rings (SSSR count). The highest BCUT2D eigenvalue weighted by Crippen LogP contribution is 2.37. The predicted octanol–water partition coefficient (Wildman–Crippen LogP) is 2.72. The van der Waals surface area contributed by atoms with Gasteiger partial charge in [-0.1, -0.05) is 13.0 Å². The number of benzene rings is 1. The molecule has 1 N–H and O–H groups in total. The molecule has 0 aromatic heterocycles. The first kappa shape index (κ1) is 14.3. The molecule has 0 spiro atoms. The van der Waals surface area contributed by atoms with Crippen LogP contribution in [-0.2, 0) is 17.6 Å². The standard InChI is InChI=1S/C14H17NO5/c1-2-11(14(16)17)20-12-8-7-9-5-3-4-6-10(9)13(12)15(18)19/h7-8,11H,2-6H2,1H3,(H,16,17). The van der Waals surface area contributed by atoms with E-state index in [9.17, 15) is 14.9 Å². The van der Waals surface area contributed by atoms with E-state index in [1.54, 1.807) is 6.92 Å². The molecule has 0 heterocycles. The lowest BCUT2D eigenvalue weighted by molar-refractivity contribution is -0.386. The van der Waals surface area contributed by atoms with Crippen molar-refractivity contribution in [3.05, 3.63) is 33.4 Å². The van der Waals surface area contributed by atoms with Gasteiger partial charge in [0, 0.05) is 5.56 Å². The maximum Gasteiger partial charge on any atom is 0.344 e. The molecule has 1 unspecified atom stereocenters. The molecule has 0 radical (unpaired) electrons. The number of rotatable bonds is 5. The number of aryl methyl sites for hydroxylation is 1. The number of hydrogen-bond donors (Lipinski definition) is 1. The van der Waals surface area contributed by atoms with Crippen molar-refractivity contribution in [2.24, 2.45) is 0 Å². The van der Waals surface area contributed by atoms with E-state index in [1.807, 2.05) is 6.07 Å². The molecule has 108 valence electrons. The molecule has 6 heteroatoms. The Kier molecular flexibility index (Phi) is 4.22. The van der Waals surface area contributed by atoms with Gasteiger partial charge in [0.1, 0.15) is 0 Å². The molecule has 6 nitrogen and oxygen atoms in total. The van der Waals surface area contributed by atoms with E-state index in [0.717, 1.165) is 24.8 Å². The molecule has 0 fully saturated rings. The van der Waals surface area contributed by atoms with Crippen molar-refractivity contribution in [1.29, 1.82) is 0 Å². The summed E-state index contributed by atoms with van der Waals surface area (Å²) >= 11 is 0. The summed E-state index contributed by atoms with van der Waals surface area (Å²) in [5, 5.41) is 20.3. The number of carboxylic acids is 1. The topological polar surface area (TPSA) is 89.7 Å². The number of hydrogen-bond acceptors (Lipinski definition) is 4. The number of carbonyl (C=O) groups is 1. The second-order valence-electron chi connectivity index (χ2n) is 4.87. The lowest BCUT2D eigenvalue weighted by Gasteiger charge is -2.19. The average Bonchev–Trinajstić information content (AvgIpc) is 2.43. The van der Waals surface area contributed by atoms with E-state index in [1.165, 1.54) is 6.07 Å². The van der Waals surface area contributed by atoms with Crippen LogP contribution in [0.2, 0.25) is 0 Å². The first-order valence-corrected chi connectivity index (χ1v) is 6.73. The van der Waals surface area contributed by atoms with Gasteiger partial charge in [0.05, 0.1) is 4.92 Å². The summed E-state index contributed by atoms with van der Waals surface area (Å²) in [4.78, 5) is 21.9. The smallest absolute Gasteiger partial charge is 0.344 e. The van der Waals surface area contributed by atoms with Crippen LogP contribution in [0.4, 0.5) is 5.69 Å². The van der Waals surface area contributed by atoms with Gasteiger partial charge in [-0.25, -0.2) is 4.79 Å². The van der Waals surface area contributed by atoms with Crippen LogP contribution in [0.25, 0.3) is 0 Å². The first-order chi connectivity index (χ1) is 9.54. The zero-order chi connectivity index (χ0) is 14.7. The fourth-order valence-electron chi connectivity index (χ4n) is 2.54. The normalized spacial score (nSPS) is 15.2. The summed E-state index contributed by atoms with van der Waals surface area (Å²) in [6, 6.07) is 3.33. The predicted molar refractivity (Wildman–Crippen MR) is 72.1 cm³/mol. The van der Waals surface area contributed by atoms with E-state index in [-0.39, 0.29) is 17.9 Å². The lowest BCUT2D eigenvalue weighted by atomic mass is 9.90. The Morgan fingerprint density at radius 2 is 2.15 bits per heavy atom. The zero-order valence-corrected chi connectivity index (χ0v) is 11.3. The van der Waals surface area contributed by atoms with Crippen LogP contribution in [0, 0.1) is 10.1 Å². The third-order valence-electron chi connectivity index (χ3n) is 3.56. The van der Waals surface area contributed by atoms with Crippen LogP contribution in [-0.4, -0.2) is 22.1 Å². The maximum absolute atomic E-state index is 11.3. The number of aliphatic carboxylic acids is 1. The molecule has 1 aromatic rings. The van der Waals surface area contributed by atoms with E-state index in [4.69, 9.17) is 9.84 Å². The highest BCUT2D eigenvalue weighted by atomic mass is 16.6. The van der Waals surface area contributed by atoms with Gasteiger partial charge in [-0.05, 0) is 43.7 Å². The minimum absolute atomic E-state index is 0.0601. The first-order valence-electron chi connectivity index (χ1n) is 6.73. The maximum atomic E-state index is 11.3. The van der Waals surface area contributed by atoms with Crippen molar-refractivity contribution < 1.29 is 19.6 Å². The van der Waals surface area contributed by atoms with Gasteiger partial charge >= 0.3 is 11.7 Å². The molecule has 0 bridgehead atoms. The van der Waals surface area contributed by atoms with Gasteiger partial charge in [-0.2, -0.15) is 0 Å². The number of nitrogens with zero attached hydrogens (tertiary/aromatic N) is 1. The second kappa shape index (κ2) is 5.90. The summed E-state index contributed by atoms with van der Waals surface area (Å²) < 4.78 is 5.34. The minimum atomic E-state index is -1.11. The Hall–Kier alpha value is -2.11. The number of carboxylic acid groups (broad SMARTS) is 1. The van der Waals surface area contributed by atoms with E-state index < -0.39 is 17.0 Å². The van der Waals surface area contributed by atoms with E-state index in [2.05, 4.69) is 0 Å². The Morgan fingerprint density at radius 3 is 2.75 bits per heavy atom. The second-order valence-corrected chi connectivity index (χ2v) is 4.87. The van der Waals surface area contributed by atoms with Crippen molar-refractivity contribution in [2.75, 3.05) is 0 Å². The molecule has 0 saturated carbocycles. The highest BCUT2D eigenvalue weighted by molar-refractivity contribution is 5.73. The molecule has 1 aromatic carbocycles. The van der Waals surface area contributed by atoms with Gasteiger partial charge in [-0.15, -0.1) is 0 Å². The summed E-state index contributed by atoms with van der Waals surface area (Å²) in [6.07, 6.45) is 2.60. The van der Waals surface area contributed by atoms with Gasteiger partial charge < -0.3 is 9.84 Å². The lowest BCUT2D eigenvalue weighted by Crippen LogP contribution is -2.26. The van der Waals surface area contributed by atoms with Crippen molar-refractivity contribution in [3.8, 4) is 5.75 Å².